The molecule has 0 bridgehead atoms. The Morgan fingerprint density at radius 3 is 2.24 bits per heavy atom. The van der Waals surface area contributed by atoms with Gasteiger partial charge in [0.15, 0.2) is 0 Å². The van der Waals surface area contributed by atoms with Gasteiger partial charge in [-0.2, -0.15) is 6.07 Å². The summed E-state index contributed by atoms with van der Waals surface area (Å²) in [7, 11) is 1.61. The fourth-order valence-electron chi connectivity index (χ4n) is 2.47. The first-order valence-electron chi connectivity index (χ1n) is 9.98. The molecule has 3 heterocycles. The van der Waals surface area contributed by atoms with Crippen molar-refractivity contribution in [2.45, 2.75) is 21.3 Å². The van der Waals surface area contributed by atoms with Crippen LogP contribution >= 0.6 is 0 Å². The molecule has 0 saturated heterocycles. The zero-order valence-corrected chi connectivity index (χ0v) is 20.8. The summed E-state index contributed by atoms with van der Waals surface area (Å²) >= 11 is 0. The Kier molecular flexibility index (Phi) is 13.4. The molecule has 0 aliphatic carbocycles. The molecule has 0 atom stereocenters. The Bertz CT molecular complexity index is 1090. The van der Waals surface area contributed by atoms with Gasteiger partial charge in [0.1, 0.15) is 6.79 Å². The number of aryl methyl sites for hydroxylation is 1. The number of aromatic nitrogens is 4. The molecule has 0 spiro atoms. The zero-order valence-electron chi connectivity index (χ0n) is 18.5. The molecule has 1 aromatic carbocycles. The van der Waals surface area contributed by atoms with Crippen LogP contribution < -0.4 is 14.6 Å². The molecule has 34 heavy (non-hydrogen) atoms. The Labute approximate surface area is 214 Å². The van der Waals surface area contributed by atoms with Crippen LogP contribution in [0.2, 0.25) is 0 Å². The third kappa shape index (κ3) is 9.43. The first kappa shape index (κ1) is 29.0. The van der Waals surface area contributed by atoms with Gasteiger partial charge in [-0.05, 0) is 26.0 Å². The van der Waals surface area contributed by atoms with Crippen LogP contribution in [0.15, 0.2) is 66.9 Å². The molecule has 0 saturated carbocycles. The fraction of sp³-hybridized carbons (Fsp3) is 0.240. The SMILES string of the molecule is C.CCOCOC.Cc1cc(-c2cccc(Oc3[c-]c(Oc4ccccn4)ccc3)n2)[n-]n1.[Pt+2]. The van der Waals surface area contributed by atoms with Gasteiger partial charge in [-0.1, -0.05) is 37.4 Å². The van der Waals surface area contributed by atoms with E-state index in [4.69, 9.17) is 14.2 Å². The van der Waals surface area contributed by atoms with Crippen LogP contribution in [-0.4, -0.2) is 35.6 Å². The number of nitrogens with zero attached hydrogens (tertiary/aromatic N) is 4. The second-order valence-electron chi connectivity index (χ2n) is 6.38. The molecule has 0 N–H and O–H groups in total. The van der Waals surface area contributed by atoms with Crippen LogP contribution in [-0.2, 0) is 30.5 Å². The van der Waals surface area contributed by atoms with Gasteiger partial charge in [0, 0.05) is 49.2 Å². The second kappa shape index (κ2) is 15.7. The van der Waals surface area contributed by atoms with E-state index in [-0.39, 0.29) is 28.5 Å². The van der Waals surface area contributed by atoms with E-state index in [0.29, 0.717) is 41.4 Å². The molecule has 3 aromatic heterocycles. The standard InChI is InChI=1S/C20H14N4O2.C4H10O2.CH4.Pt/c1-14-12-18(24-23-14)17-8-5-10-20(22-17)26-16-7-4-6-15(13-16)25-19-9-2-3-11-21-19;1-3-6-4-5-2;;/h2-12H,1H3;3-4H2,1-2H3;1H4;/q-2;;;+2. The summed E-state index contributed by atoms with van der Waals surface area (Å²) in [6, 6.07) is 21.3. The van der Waals surface area contributed by atoms with Crippen LogP contribution in [0.25, 0.3) is 11.4 Å². The average Bonchev–Trinajstić information content (AvgIpc) is 3.26. The Balaban J connectivity index is 0.000000647. The molecule has 4 aromatic rings. The number of pyridine rings is 2. The second-order valence-corrected chi connectivity index (χ2v) is 6.38. The summed E-state index contributed by atoms with van der Waals surface area (Å²) in [4.78, 5) is 8.59. The van der Waals surface area contributed by atoms with Crippen molar-refractivity contribution in [1.29, 1.82) is 0 Å². The minimum absolute atomic E-state index is 0. The zero-order chi connectivity index (χ0) is 22.6. The van der Waals surface area contributed by atoms with E-state index in [1.807, 2.05) is 50.2 Å². The van der Waals surface area contributed by atoms with Gasteiger partial charge in [0.2, 0.25) is 11.8 Å². The normalized spacial score (nSPS) is 9.62. The number of benzene rings is 1. The largest absolute Gasteiger partial charge is 2.00 e. The van der Waals surface area contributed by atoms with E-state index >= 15 is 0 Å². The summed E-state index contributed by atoms with van der Waals surface area (Å²) in [5.74, 6) is 1.93. The molecule has 4 rings (SSSR count). The summed E-state index contributed by atoms with van der Waals surface area (Å²) in [5.41, 5.74) is 2.26. The smallest absolute Gasteiger partial charge is 0.574 e. The molecule has 182 valence electrons. The van der Waals surface area contributed by atoms with Crippen molar-refractivity contribution >= 4 is 0 Å². The maximum absolute atomic E-state index is 5.81. The molecule has 0 aliphatic rings. The summed E-state index contributed by atoms with van der Waals surface area (Å²) in [6.07, 6.45) is 1.67. The summed E-state index contributed by atoms with van der Waals surface area (Å²) < 4.78 is 20.8. The maximum Gasteiger partial charge on any atom is 2.00 e. The average molecular weight is 644 g/mol. The number of ether oxygens (including phenoxy) is 4. The van der Waals surface area contributed by atoms with Gasteiger partial charge in [0.05, 0.1) is 5.69 Å². The van der Waals surface area contributed by atoms with Crippen molar-refractivity contribution in [2.75, 3.05) is 20.5 Å². The van der Waals surface area contributed by atoms with Crippen LogP contribution in [0.1, 0.15) is 20.0 Å². The molecule has 8 nitrogen and oxygen atoms in total. The number of hydrogen-bond acceptors (Lipinski definition) is 7. The van der Waals surface area contributed by atoms with Crippen molar-refractivity contribution in [3.05, 3.63) is 78.6 Å². The third-order valence-corrected chi connectivity index (χ3v) is 3.86. The Morgan fingerprint density at radius 2 is 1.65 bits per heavy atom. The topological polar surface area (TPSA) is 89.7 Å². The summed E-state index contributed by atoms with van der Waals surface area (Å²) in [6.45, 7) is 4.96. The Morgan fingerprint density at radius 1 is 0.941 bits per heavy atom. The maximum atomic E-state index is 5.81. The number of hydrogen-bond donors (Lipinski definition) is 0. The molecule has 0 fully saturated rings. The molecular formula is C25H28N4O4Pt. The van der Waals surface area contributed by atoms with Gasteiger partial charge in [-0.25, -0.2) is 9.97 Å². The van der Waals surface area contributed by atoms with Crippen molar-refractivity contribution in [1.82, 2.24) is 20.2 Å². The first-order valence-corrected chi connectivity index (χ1v) is 9.98. The van der Waals surface area contributed by atoms with E-state index in [1.54, 1.807) is 37.6 Å². The minimum atomic E-state index is 0. The van der Waals surface area contributed by atoms with Gasteiger partial charge >= 0.3 is 21.1 Å². The van der Waals surface area contributed by atoms with Gasteiger partial charge in [-0.3, -0.25) is 0 Å². The fourth-order valence-corrected chi connectivity index (χ4v) is 2.47. The Hall–Kier alpha value is -3.06. The first-order chi connectivity index (χ1) is 15.7. The van der Waals surface area contributed by atoms with E-state index in [9.17, 15) is 0 Å². The predicted molar refractivity (Wildman–Crippen MR) is 125 cm³/mol. The monoisotopic (exact) mass is 643 g/mol. The van der Waals surface area contributed by atoms with Crippen molar-refractivity contribution in [3.8, 4) is 34.6 Å². The van der Waals surface area contributed by atoms with Crippen molar-refractivity contribution < 1.29 is 40.0 Å². The molecule has 0 aliphatic heterocycles. The third-order valence-electron chi connectivity index (χ3n) is 3.86. The minimum Gasteiger partial charge on any atom is -0.574 e. The number of rotatable bonds is 8. The molecule has 0 radical (unpaired) electrons. The van der Waals surface area contributed by atoms with Gasteiger partial charge in [-0.15, -0.1) is 12.1 Å². The van der Waals surface area contributed by atoms with Crippen LogP contribution in [0, 0.1) is 13.0 Å². The van der Waals surface area contributed by atoms with Crippen LogP contribution in [0.3, 0.4) is 0 Å². The summed E-state index contributed by atoms with van der Waals surface area (Å²) in [5, 5.41) is 8.09. The molecule has 0 amide bonds. The molecule has 0 unspecified atom stereocenters. The van der Waals surface area contributed by atoms with E-state index in [2.05, 4.69) is 31.0 Å². The molecular weight excluding hydrogens is 615 g/mol. The van der Waals surface area contributed by atoms with Crippen molar-refractivity contribution in [3.63, 3.8) is 0 Å². The van der Waals surface area contributed by atoms with Gasteiger partial charge in [0.25, 0.3) is 0 Å². The van der Waals surface area contributed by atoms with Crippen molar-refractivity contribution in [2.24, 2.45) is 0 Å². The van der Waals surface area contributed by atoms with E-state index in [1.165, 1.54) is 0 Å². The molecule has 9 heteroatoms. The van der Waals surface area contributed by atoms with E-state index in [0.717, 1.165) is 12.3 Å². The van der Waals surface area contributed by atoms with Gasteiger partial charge < -0.3 is 29.1 Å². The predicted octanol–water partition coefficient (Wildman–Crippen LogP) is 5.45. The quantitative estimate of drug-likeness (QED) is 0.142. The number of methoxy groups -OCH3 is 1. The van der Waals surface area contributed by atoms with E-state index < -0.39 is 0 Å². The van der Waals surface area contributed by atoms with Crippen LogP contribution in [0.4, 0.5) is 0 Å². The van der Waals surface area contributed by atoms with Crippen LogP contribution in [0.5, 0.6) is 23.3 Å².